The van der Waals surface area contributed by atoms with Crippen molar-refractivity contribution in [3.05, 3.63) is 28.8 Å². The molecule has 0 aromatic heterocycles. The summed E-state index contributed by atoms with van der Waals surface area (Å²) in [6, 6.07) is 6.51. The van der Waals surface area contributed by atoms with E-state index in [-0.39, 0.29) is 24.0 Å². The summed E-state index contributed by atoms with van der Waals surface area (Å²) in [6.45, 7) is 4.40. The summed E-state index contributed by atoms with van der Waals surface area (Å²) in [5, 5.41) is 7.45. The molecule has 0 atom stereocenters. The molecule has 0 aliphatic heterocycles. The van der Waals surface area contributed by atoms with Crippen molar-refractivity contribution in [1.29, 1.82) is 0 Å². The zero-order chi connectivity index (χ0) is 18.8. The zero-order valence-electron chi connectivity index (χ0n) is 16.5. The lowest BCUT2D eigenvalue weighted by molar-refractivity contribution is 0.144. The Morgan fingerprint density at radius 3 is 2.56 bits per heavy atom. The largest absolute Gasteiger partial charge is 0.497 e. The van der Waals surface area contributed by atoms with Crippen molar-refractivity contribution in [1.82, 2.24) is 15.5 Å². The van der Waals surface area contributed by atoms with Gasteiger partial charge >= 0.3 is 0 Å². The molecule has 2 rings (SSSR count). The van der Waals surface area contributed by atoms with Crippen molar-refractivity contribution in [3.63, 3.8) is 0 Å². The lowest BCUT2D eigenvalue weighted by Crippen LogP contribution is -2.43. The van der Waals surface area contributed by atoms with Crippen LogP contribution in [0.4, 0.5) is 0 Å². The number of nitrogens with zero attached hydrogens (tertiary/aromatic N) is 2. The Kier molecular flexibility index (Phi) is 12.1. The van der Waals surface area contributed by atoms with Crippen LogP contribution in [0.1, 0.15) is 18.4 Å². The van der Waals surface area contributed by atoms with Crippen LogP contribution in [-0.2, 0) is 11.2 Å². The number of methoxy groups -OCH3 is 2. The van der Waals surface area contributed by atoms with E-state index in [0.717, 1.165) is 67.5 Å². The average molecular weight is 511 g/mol. The fourth-order valence-electron chi connectivity index (χ4n) is 2.84. The number of rotatable bonds is 11. The molecule has 1 fully saturated rings. The lowest BCUT2D eigenvalue weighted by Gasteiger charge is -2.22. The third-order valence-electron chi connectivity index (χ3n) is 4.51. The van der Waals surface area contributed by atoms with Crippen LogP contribution in [0.5, 0.6) is 5.75 Å². The summed E-state index contributed by atoms with van der Waals surface area (Å²) in [6.07, 6.45) is 3.43. The van der Waals surface area contributed by atoms with Crippen LogP contribution in [0.3, 0.4) is 0 Å². The van der Waals surface area contributed by atoms with Crippen molar-refractivity contribution in [3.8, 4) is 5.75 Å². The molecule has 6 nitrogen and oxygen atoms in total. The molecule has 2 N–H and O–H groups in total. The van der Waals surface area contributed by atoms with E-state index in [1.807, 2.05) is 18.2 Å². The maximum absolute atomic E-state index is 6.28. The minimum absolute atomic E-state index is 0. The number of hydrogen-bond acceptors (Lipinski definition) is 4. The van der Waals surface area contributed by atoms with E-state index < -0.39 is 0 Å². The van der Waals surface area contributed by atoms with Gasteiger partial charge < -0.3 is 20.1 Å². The first-order valence-electron chi connectivity index (χ1n) is 9.17. The summed E-state index contributed by atoms with van der Waals surface area (Å²) in [5.41, 5.74) is 1.09. The number of benzene rings is 1. The topological polar surface area (TPSA) is 58.1 Å². The van der Waals surface area contributed by atoms with E-state index >= 15 is 0 Å². The van der Waals surface area contributed by atoms with E-state index in [1.54, 1.807) is 21.3 Å². The fourth-order valence-corrected chi connectivity index (χ4v) is 3.10. The minimum atomic E-state index is 0. The number of halogens is 2. The second kappa shape index (κ2) is 13.4. The summed E-state index contributed by atoms with van der Waals surface area (Å²) < 4.78 is 10.4. The number of ether oxygens (including phenoxy) is 2. The zero-order valence-corrected chi connectivity index (χ0v) is 19.5. The van der Waals surface area contributed by atoms with Gasteiger partial charge in [-0.15, -0.1) is 24.0 Å². The van der Waals surface area contributed by atoms with Gasteiger partial charge in [-0.2, -0.15) is 0 Å². The first kappa shape index (κ1) is 24.3. The normalized spacial score (nSPS) is 14.0. The third kappa shape index (κ3) is 8.85. The highest BCUT2D eigenvalue weighted by atomic mass is 127. The summed E-state index contributed by atoms with van der Waals surface area (Å²) in [5.74, 6) is 1.59. The van der Waals surface area contributed by atoms with Crippen molar-refractivity contribution in [2.24, 2.45) is 4.99 Å². The second-order valence-corrected chi connectivity index (χ2v) is 6.80. The Bertz CT molecular complexity index is 585. The summed E-state index contributed by atoms with van der Waals surface area (Å²) in [7, 11) is 5.19. The molecule has 1 aromatic carbocycles. The van der Waals surface area contributed by atoms with Crippen molar-refractivity contribution >= 4 is 41.5 Å². The SMILES string of the molecule is CN=C(NCCc1ccc(OC)cc1Cl)NCCN(CCOC)C1CC1.I. The molecular weight excluding hydrogens is 479 g/mol. The number of nitrogens with one attached hydrogen (secondary N) is 2. The minimum Gasteiger partial charge on any atom is -0.497 e. The van der Waals surface area contributed by atoms with E-state index in [4.69, 9.17) is 21.1 Å². The Morgan fingerprint density at radius 2 is 1.96 bits per heavy atom. The van der Waals surface area contributed by atoms with E-state index in [2.05, 4.69) is 20.5 Å². The van der Waals surface area contributed by atoms with Gasteiger partial charge in [0.2, 0.25) is 0 Å². The van der Waals surface area contributed by atoms with E-state index in [0.29, 0.717) is 0 Å². The molecule has 0 radical (unpaired) electrons. The van der Waals surface area contributed by atoms with Gasteiger partial charge in [-0.25, -0.2) is 0 Å². The lowest BCUT2D eigenvalue weighted by atomic mass is 10.1. The highest BCUT2D eigenvalue weighted by Crippen LogP contribution is 2.26. The van der Waals surface area contributed by atoms with Crippen molar-refractivity contribution in [2.45, 2.75) is 25.3 Å². The molecule has 154 valence electrons. The smallest absolute Gasteiger partial charge is 0.191 e. The molecule has 0 amide bonds. The van der Waals surface area contributed by atoms with Gasteiger partial charge in [-0.05, 0) is 37.0 Å². The second-order valence-electron chi connectivity index (χ2n) is 6.39. The van der Waals surface area contributed by atoms with Crippen molar-refractivity contribution in [2.75, 3.05) is 54.1 Å². The quantitative estimate of drug-likeness (QED) is 0.272. The number of hydrogen-bond donors (Lipinski definition) is 2. The molecule has 0 spiro atoms. The molecule has 0 bridgehead atoms. The number of guanidine groups is 1. The molecule has 1 aliphatic rings. The predicted molar refractivity (Wildman–Crippen MR) is 123 cm³/mol. The van der Waals surface area contributed by atoms with Gasteiger partial charge in [0.05, 0.1) is 13.7 Å². The van der Waals surface area contributed by atoms with Crippen LogP contribution >= 0.6 is 35.6 Å². The van der Waals surface area contributed by atoms with Gasteiger partial charge in [0, 0.05) is 51.4 Å². The van der Waals surface area contributed by atoms with E-state index in [9.17, 15) is 0 Å². The van der Waals surface area contributed by atoms with Crippen LogP contribution in [0.25, 0.3) is 0 Å². The first-order chi connectivity index (χ1) is 12.7. The van der Waals surface area contributed by atoms with Gasteiger partial charge in [0.15, 0.2) is 5.96 Å². The Hall–Kier alpha value is -0.770. The van der Waals surface area contributed by atoms with Crippen LogP contribution in [0.2, 0.25) is 5.02 Å². The highest BCUT2D eigenvalue weighted by molar-refractivity contribution is 14.0. The van der Waals surface area contributed by atoms with Gasteiger partial charge in [0.1, 0.15) is 5.75 Å². The Morgan fingerprint density at radius 1 is 1.22 bits per heavy atom. The number of aliphatic imine (C=N–C) groups is 1. The predicted octanol–water partition coefficient (Wildman–Crippen LogP) is 2.78. The van der Waals surface area contributed by atoms with E-state index in [1.165, 1.54) is 12.8 Å². The Labute approximate surface area is 185 Å². The van der Waals surface area contributed by atoms with Gasteiger partial charge in [0.25, 0.3) is 0 Å². The van der Waals surface area contributed by atoms with Crippen LogP contribution < -0.4 is 15.4 Å². The molecule has 0 heterocycles. The molecule has 1 aromatic rings. The molecular formula is C19H32ClIN4O2. The highest BCUT2D eigenvalue weighted by Gasteiger charge is 2.28. The van der Waals surface area contributed by atoms with Crippen LogP contribution in [0, 0.1) is 0 Å². The average Bonchev–Trinajstić information content (AvgIpc) is 3.49. The maximum atomic E-state index is 6.28. The van der Waals surface area contributed by atoms with Crippen LogP contribution in [-0.4, -0.2) is 71.0 Å². The third-order valence-corrected chi connectivity index (χ3v) is 4.86. The van der Waals surface area contributed by atoms with Crippen molar-refractivity contribution < 1.29 is 9.47 Å². The van der Waals surface area contributed by atoms with Crippen LogP contribution in [0.15, 0.2) is 23.2 Å². The molecule has 0 unspecified atom stereocenters. The summed E-state index contributed by atoms with van der Waals surface area (Å²) >= 11 is 6.28. The van der Waals surface area contributed by atoms with Gasteiger partial charge in [-0.3, -0.25) is 9.89 Å². The Balaban J connectivity index is 0.00000364. The standard InChI is InChI=1S/C19H31ClN4O2.HI/c1-21-19(23-10-11-24(12-13-25-2)16-5-6-16)22-9-8-15-4-7-17(26-3)14-18(15)20;/h4,7,14,16H,5-6,8-13H2,1-3H3,(H2,21,22,23);1H. The van der Waals surface area contributed by atoms with Gasteiger partial charge in [-0.1, -0.05) is 17.7 Å². The summed E-state index contributed by atoms with van der Waals surface area (Å²) in [4.78, 5) is 6.77. The molecule has 0 saturated heterocycles. The molecule has 1 aliphatic carbocycles. The molecule has 8 heteroatoms. The fraction of sp³-hybridized carbons (Fsp3) is 0.632. The monoisotopic (exact) mass is 510 g/mol. The maximum Gasteiger partial charge on any atom is 0.191 e. The molecule has 1 saturated carbocycles. The molecule has 27 heavy (non-hydrogen) atoms. The first-order valence-corrected chi connectivity index (χ1v) is 9.55.